The van der Waals surface area contributed by atoms with Crippen LogP contribution >= 0.6 is 11.8 Å². The zero-order valence-corrected chi connectivity index (χ0v) is 17.3. The number of thioether (sulfide) groups is 1. The molecular weight excluding hydrogens is 403 g/mol. The minimum atomic E-state index is -0.306. The van der Waals surface area contributed by atoms with Crippen LogP contribution in [0.5, 0.6) is 5.75 Å². The third-order valence-corrected chi connectivity index (χ3v) is 5.83. The van der Waals surface area contributed by atoms with Crippen LogP contribution in [0.15, 0.2) is 76.4 Å². The summed E-state index contributed by atoms with van der Waals surface area (Å²) in [7, 11) is 1.62. The molecule has 0 saturated heterocycles. The maximum Gasteiger partial charge on any atom is 0.253 e. The third kappa shape index (κ3) is 4.57. The first-order chi connectivity index (χ1) is 14.6. The molecule has 1 amide bonds. The summed E-state index contributed by atoms with van der Waals surface area (Å²) in [4.78, 5) is 13.0. The van der Waals surface area contributed by atoms with Gasteiger partial charge in [0, 0.05) is 6.42 Å². The van der Waals surface area contributed by atoms with Gasteiger partial charge in [0.05, 0.1) is 36.6 Å². The number of rotatable bonds is 7. The van der Waals surface area contributed by atoms with Crippen LogP contribution in [-0.2, 0) is 10.5 Å². The van der Waals surface area contributed by atoms with Gasteiger partial charge in [-0.25, -0.2) is 9.40 Å². The van der Waals surface area contributed by atoms with Gasteiger partial charge in [0.15, 0.2) is 0 Å². The van der Waals surface area contributed by atoms with Crippen molar-refractivity contribution in [1.29, 1.82) is 0 Å². The maximum absolute atomic E-state index is 13.4. The summed E-state index contributed by atoms with van der Waals surface area (Å²) in [5.41, 5.74) is 2.60. The number of nitrogens with zero attached hydrogens (tertiary/aromatic N) is 2. The van der Waals surface area contributed by atoms with Gasteiger partial charge in [-0.15, -0.1) is 11.8 Å². The van der Waals surface area contributed by atoms with Crippen molar-refractivity contribution in [2.45, 2.75) is 18.2 Å². The van der Waals surface area contributed by atoms with E-state index in [4.69, 9.17) is 9.15 Å². The highest BCUT2D eigenvalue weighted by Crippen LogP contribution is 2.34. The van der Waals surface area contributed by atoms with E-state index in [1.807, 2.05) is 36.4 Å². The van der Waals surface area contributed by atoms with Gasteiger partial charge in [-0.1, -0.05) is 12.1 Å². The van der Waals surface area contributed by atoms with E-state index in [1.165, 1.54) is 28.9 Å². The highest BCUT2D eigenvalue weighted by atomic mass is 32.2. The first kappa shape index (κ1) is 20.2. The Morgan fingerprint density at radius 1 is 1.20 bits per heavy atom. The molecule has 0 bridgehead atoms. The molecule has 3 aromatic rings. The van der Waals surface area contributed by atoms with Crippen molar-refractivity contribution < 1.29 is 18.3 Å². The number of hydrogen-bond donors (Lipinski definition) is 0. The topological polar surface area (TPSA) is 55.0 Å². The molecule has 0 radical (unpaired) electrons. The van der Waals surface area contributed by atoms with E-state index in [1.54, 1.807) is 25.5 Å². The Bertz CT molecular complexity index is 1020. The van der Waals surface area contributed by atoms with E-state index in [0.717, 1.165) is 28.3 Å². The normalized spacial score (nSPS) is 15.9. The fraction of sp³-hybridized carbons (Fsp3) is 0.217. The van der Waals surface area contributed by atoms with Crippen LogP contribution in [0.25, 0.3) is 0 Å². The SMILES string of the molecule is COc1ccc(C2=NN(C(=O)CSCc3ccco3)[C@@H](c3ccc(F)cc3)C2)cc1. The predicted molar refractivity (Wildman–Crippen MR) is 115 cm³/mol. The lowest BCUT2D eigenvalue weighted by atomic mass is 9.98. The Morgan fingerprint density at radius 3 is 2.63 bits per heavy atom. The minimum absolute atomic E-state index is 0.0932. The number of benzene rings is 2. The molecule has 1 atom stereocenters. The molecule has 4 rings (SSSR count). The van der Waals surface area contributed by atoms with Gasteiger partial charge in [-0.3, -0.25) is 4.79 Å². The highest BCUT2D eigenvalue weighted by Gasteiger charge is 2.33. The van der Waals surface area contributed by atoms with Gasteiger partial charge in [0.2, 0.25) is 0 Å². The molecule has 154 valence electrons. The molecule has 1 aromatic heterocycles. The standard InChI is InChI=1S/C23H21FN2O3S/c1-28-19-10-6-16(7-11-19)21-13-22(17-4-8-18(24)9-5-17)26(25-21)23(27)15-30-14-20-3-2-12-29-20/h2-12,22H,13-15H2,1H3/t22-/m1/s1. The minimum Gasteiger partial charge on any atom is -0.497 e. The molecule has 0 N–H and O–H groups in total. The van der Waals surface area contributed by atoms with Crippen molar-refractivity contribution in [2.75, 3.05) is 12.9 Å². The van der Waals surface area contributed by atoms with Crippen molar-refractivity contribution in [3.8, 4) is 5.75 Å². The first-order valence-corrected chi connectivity index (χ1v) is 10.7. The van der Waals surface area contributed by atoms with E-state index >= 15 is 0 Å². The fourth-order valence-electron chi connectivity index (χ4n) is 3.34. The molecule has 5 nitrogen and oxygen atoms in total. The molecule has 7 heteroatoms. The van der Waals surface area contributed by atoms with E-state index in [0.29, 0.717) is 12.2 Å². The summed E-state index contributed by atoms with van der Waals surface area (Å²) >= 11 is 1.48. The molecule has 0 spiro atoms. The lowest BCUT2D eigenvalue weighted by Crippen LogP contribution is -2.28. The number of hydrogen-bond acceptors (Lipinski definition) is 5. The molecule has 0 unspecified atom stereocenters. The van der Waals surface area contributed by atoms with Crippen LogP contribution < -0.4 is 4.74 Å². The van der Waals surface area contributed by atoms with Crippen LogP contribution in [0, 0.1) is 5.82 Å². The summed E-state index contributed by atoms with van der Waals surface area (Å²) in [6.07, 6.45) is 2.18. The number of carbonyl (C=O) groups is 1. The molecule has 0 aliphatic carbocycles. The van der Waals surface area contributed by atoms with E-state index in [-0.39, 0.29) is 23.5 Å². The summed E-state index contributed by atoms with van der Waals surface area (Å²) < 4.78 is 23.9. The molecule has 1 aliphatic rings. The molecular formula is C23H21FN2O3S. The Balaban J connectivity index is 1.53. The summed E-state index contributed by atoms with van der Waals surface area (Å²) in [5.74, 6) is 2.08. The van der Waals surface area contributed by atoms with Gasteiger partial charge in [0.25, 0.3) is 5.91 Å². The average Bonchev–Trinajstić information content (AvgIpc) is 3.44. The van der Waals surface area contributed by atoms with Crippen LogP contribution in [0.3, 0.4) is 0 Å². The van der Waals surface area contributed by atoms with Gasteiger partial charge >= 0.3 is 0 Å². The van der Waals surface area contributed by atoms with Gasteiger partial charge in [-0.2, -0.15) is 5.10 Å². The molecule has 2 aromatic carbocycles. The van der Waals surface area contributed by atoms with E-state index in [2.05, 4.69) is 5.10 Å². The molecule has 2 heterocycles. The number of furan rings is 1. The summed E-state index contributed by atoms with van der Waals surface area (Å²) in [6.45, 7) is 0. The number of methoxy groups -OCH3 is 1. The summed E-state index contributed by atoms with van der Waals surface area (Å²) in [5, 5.41) is 6.17. The van der Waals surface area contributed by atoms with Crippen LogP contribution in [0.4, 0.5) is 4.39 Å². The number of hydrazone groups is 1. The van der Waals surface area contributed by atoms with Crippen LogP contribution in [-0.4, -0.2) is 29.5 Å². The number of amides is 1. The van der Waals surface area contributed by atoms with Crippen molar-refractivity contribution in [1.82, 2.24) is 5.01 Å². The number of halogens is 1. The van der Waals surface area contributed by atoms with Crippen molar-refractivity contribution in [3.05, 3.63) is 89.6 Å². The van der Waals surface area contributed by atoms with Crippen molar-refractivity contribution >= 4 is 23.4 Å². The highest BCUT2D eigenvalue weighted by molar-refractivity contribution is 7.99. The quantitative estimate of drug-likeness (QED) is 0.533. The van der Waals surface area contributed by atoms with E-state index in [9.17, 15) is 9.18 Å². The lowest BCUT2D eigenvalue weighted by molar-refractivity contribution is -0.130. The molecule has 30 heavy (non-hydrogen) atoms. The Hall–Kier alpha value is -3.06. The number of ether oxygens (including phenoxy) is 1. The predicted octanol–water partition coefficient (Wildman–Crippen LogP) is 5.04. The lowest BCUT2D eigenvalue weighted by Gasteiger charge is -2.22. The molecule has 1 aliphatic heterocycles. The monoisotopic (exact) mass is 424 g/mol. The second kappa shape index (κ2) is 9.17. The van der Waals surface area contributed by atoms with E-state index < -0.39 is 0 Å². The Morgan fingerprint density at radius 2 is 1.97 bits per heavy atom. The van der Waals surface area contributed by atoms with Gasteiger partial charge < -0.3 is 9.15 Å². The van der Waals surface area contributed by atoms with Crippen molar-refractivity contribution in [2.24, 2.45) is 5.10 Å². The number of carbonyl (C=O) groups excluding carboxylic acids is 1. The first-order valence-electron chi connectivity index (χ1n) is 9.53. The third-order valence-electron chi connectivity index (χ3n) is 4.89. The Labute approximate surface area is 178 Å². The average molecular weight is 424 g/mol. The molecule has 0 fully saturated rings. The van der Waals surface area contributed by atoms with Crippen LogP contribution in [0.1, 0.15) is 29.3 Å². The fourth-order valence-corrected chi connectivity index (χ4v) is 4.12. The zero-order valence-electron chi connectivity index (χ0n) is 16.5. The smallest absolute Gasteiger partial charge is 0.253 e. The second-order valence-electron chi connectivity index (χ2n) is 6.86. The maximum atomic E-state index is 13.4. The van der Waals surface area contributed by atoms with Gasteiger partial charge in [-0.05, 0) is 59.7 Å². The zero-order chi connectivity index (χ0) is 20.9. The largest absolute Gasteiger partial charge is 0.497 e. The van der Waals surface area contributed by atoms with Gasteiger partial charge in [0.1, 0.15) is 17.3 Å². The Kier molecular flexibility index (Phi) is 6.18. The second-order valence-corrected chi connectivity index (χ2v) is 7.84. The van der Waals surface area contributed by atoms with Crippen molar-refractivity contribution in [3.63, 3.8) is 0 Å². The van der Waals surface area contributed by atoms with Crippen LogP contribution in [0.2, 0.25) is 0 Å². The summed E-state index contributed by atoms with van der Waals surface area (Å²) in [6, 6.07) is 17.3. The molecule has 0 saturated carbocycles.